The molecule has 0 spiro atoms. The first kappa shape index (κ1) is 27.5. The number of fused-ring (bicyclic) bond motifs is 2. The molecule has 0 unspecified atom stereocenters. The van der Waals surface area contributed by atoms with Gasteiger partial charge in [0.05, 0.1) is 5.69 Å². The zero-order valence-electron chi connectivity index (χ0n) is 24.8. The maximum absolute atomic E-state index is 2.66. The summed E-state index contributed by atoms with van der Waals surface area (Å²) >= 11 is 1.91. The van der Waals surface area contributed by atoms with E-state index in [0.29, 0.717) is 0 Å². The number of para-hydroxylation sites is 1. The Labute approximate surface area is 270 Å². The fourth-order valence-electron chi connectivity index (χ4n) is 6.83. The normalized spacial score (nSPS) is 13.0. The monoisotopic (exact) mass is 609 g/mol. The van der Waals surface area contributed by atoms with E-state index in [1.54, 1.807) is 0 Å². The third kappa shape index (κ3) is 4.72. The Morgan fingerprint density at radius 2 is 0.867 bits per heavy atom. The summed E-state index contributed by atoms with van der Waals surface area (Å²) in [4.78, 5) is 5.10. The second kappa shape index (κ2) is 11.8. The van der Waals surface area contributed by atoms with E-state index in [-0.39, 0.29) is 0 Å². The van der Waals surface area contributed by atoms with Crippen LogP contribution in [-0.2, 0) is 0 Å². The Kier molecular flexibility index (Phi) is 7.18. The smallest absolute Gasteiger partial charge is 0.181 e. The van der Waals surface area contributed by atoms with Gasteiger partial charge in [0.1, 0.15) is 0 Å². The Hall–Kier alpha value is -5.09. The molecule has 0 saturated carbocycles. The van der Waals surface area contributed by atoms with E-state index in [1.165, 1.54) is 47.4 Å². The minimum Gasteiger partial charge on any atom is -0.309 e. The third-order valence-corrected chi connectivity index (χ3v) is 15.2. The summed E-state index contributed by atoms with van der Waals surface area (Å²) in [5.74, 6) is 0. The van der Waals surface area contributed by atoms with E-state index >= 15 is 0 Å². The van der Waals surface area contributed by atoms with Gasteiger partial charge in [-0.25, -0.2) is 0 Å². The molecule has 1 nitrogen and oxygen atoms in total. The second-order valence-electron chi connectivity index (χ2n) is 11.3. The van der Waals surface area contributed by atoms with Gasteiger partial charge in [0.15, 0.2) is 8.07 Å². The lowest BCUT2D eigenvalue weighted by atomic mass is 10.0. The van der Waals surface area contributed by atoms with Gasteiger partial charge in [0.2, 0.25) is 0 Å². The van der Waals surface area contributed by atoms with Crippen LogP contribution < -0.4 is 25.6 Å². The summed E-state index contributed by atoms with van der Waals surface area (Å²) in [5, 5.41) is 5.69. The maximum Gasteiger partial charge on any atom is 0.181 e. The van der Waals surface area contributed by atoms with Gasteiger partial charge in [-0.2, -0.15) is 0 Å². The van der Waals surface area contributed by atoms with Crippen molar-refractivity contribution >= 4 is 57.6 Å². The molecule has 0 saturated heterocycles. The first-order valence-corrected chi connectivity index (χ1v) is 18.2. The van der Waals surface area contributed by atoms with Crippen LogP contribution in [0.1, 0.15) is 0 Å². The highest BCUT2D eigenvalue weighted by molar-refractivity contribution is 8.00. The van der Waals surface area contributed by atoms with Gasteiger partial charge < -0.3 is 4.90 Å². The number of benzene rings is 7. The minimum absolute atomic E-state index is 1.14. The maximum atomic E-state index is 2.43. The molecule has 1 aliphatic rings. The molecule has 7 aromatic carbocycles. The quantitative estimate of drug-likeness (QED) is 0.174. The van der Waals surface area contributed by atoms with Gasteiger partial charge in [-0.15, -0.1) is 0 Å². The van der Waals surface area contributed by atoms with Crippen molar-refractivity contribution in [1.82, 2.24) is 0 Å². The lowest BCUT2D eigenvalue weighted by Gasteiger charge is -2.41. The van der Waals surface area contributed by atoms with Crippen molar-refractivity contribution in [2.24, 2.45) is 0 Å². The van der Waals surface area contributed by atoms with Crippen molar-refractivity contribution in [3.63, 3.8) is 0 Å². The Morgan fingerprint density at radius 1 is 0.378 bits per heavy atom. The molecule has 1 aliphatic heterocycles. The Bertz CT molecular complexity index is 2020. The molecule has 1 heterocycles. The van der Waals surface area contributed by atoms with Crippen molar-refractivity contribution in [1.29, 1.82) is 0 Å². The van der Waals surface area contributed by atoms with Crippen LogP contribution in [0.25, 0.3) is 11.1 Å². The van der Waals surface area contributed by atoms with Crippen molar-refractivity contribution in [2.75, 3.05) is 4.90 Å². The molecule has 0 aliphatic carbocycles. The molecule has 0 N–H and O–H groups in total. The van der Waals surface area contributed by atoms with E-state index in [0.717, 1.165) is 11.4 Å². The molecular weight excluding hydrogens is 579 g/mol. The Morgan fingerprint density at radius 3 is 1.51 bits per heavy atom. The molecule has 8 rings (SSSR count). The van der Waals surface area contributed by atoms with Gasteiger partial charge in [-0.05, 0) is 68.3 Å². The molecule has 0 fully saturated rings. The van der Waals surface area contributed by atoms with Crippen LogP contribution in [0.4, 0.5) is 17.1 Å². The van der Waals surface area contributed by atoms with Crippen molar-refractivity contribution in [3.05, 3.63) is 188 Å². The summed E-state index contributed by atoms with van der Waals surface area (Å²) in [5.41, 5.74) is 5.92. The van der Waals surface area contributed by atoms with Gasteiger partial charge in [-0.1, -0.05) is 163 Å². The molecule has 3 heteroatoms. The molecule has 214 valence electrons. The lowest BCUT2D eigenvalue weighted by molar-refractivity contribution is 1.23. The summed E-state index contributed by atoms with van der Waals surface area (Å²) < 4.78 is 0. The summed E-state index contributed by atoms with van der Waals surface area (Å²) in [6.45, 7) is 0. The average Bonchev–Trinajstić information content (AvgIpc) is 3.13. The molecule has 7 aromatic rings. The van der Waals surface area contributed by atoms with Crippen LogP contribution in [0, 0.1) is 0 Å². The topological polar surface area (TPSA) is 3.24 Å². The summed E-state index contributed by atoms with van der Waals surface area (Å²) in [6, 6.07) is 68.9. The first-order valence-electron chi connectivity index (χ1n) is 15.4. The molecule has 45 heavy (non-hydrogen) atoms. The fourth-order valence-corrected chi connectivity index (χ4v) is 13.9. The molecular formula is C42H31NSSi. The summed E-state index contributed by atoms with van der Waals surface area (Å²) in [7, 11) is -2.66. The summed E-state index contributed by atoms with van der Waals surface area (Å²) in [6.07, 6.45) is 0. The van der Waals surface area contributed by atoms with Crippen LogP contribution in [0.15, 0.2) is 198 Å². The van der Waals surface area contributed by atoms with E-state index < -0.39 is 8.07 Å². The van der Waals surface area contributed by atoms with Gasteiger partial charge in [0.25, 0.3) is 0 Å². The number of anilines is 3. The molecule has 0 aromatic heterocycles. The van der Waals surface area contributed by atoms with Gasteiger partial charge >= 0.3 is 0 Å². The highest BCUT2D eigenvalue weighted by Crippen LogP contribution is 2.44. The predicted octanol–water partition coefficient (Wildman–Crippen LogP) is 8.67. The van der Waals surface area contributed by atoms with Crippen molar-refractivity contribution in [2.45, 2.75) is 9.79 Å². The predicted molar refractivity (Wildman–Crippen MR) is 194 cm³/mol. The highest BCUT2D eigenvalue weighted by atomic mass is 32.2. The SMILES string of the molecule is c1ccc(-c2ccc(N(c3ccccc3)c3cccc4c3Sc3ccccc3[Si]4(c3ccccc3)c3ccccc3)cc2)cc1. The van der Waals surface area contributed by atoms with Crippen LogP contribution in [-0.4, -0.2) is 8.07 Å². The van der Waals surface area contributed by atoms with E-state index in [9.17, 15) is 0 Å². The number of hydrogen-bond acceptors (Lipinski definition) is 2. The largest absolute Gasteiger partial charge is 0.309 e. The Balaban J connectivity index is 1.39. The standard InChI is InChI=1S/C42H31NSSi/c1-5-16-32(17-6-1)33-28-30-35(31-29-33)43(34-18-7-2-8-19-34)38-24-15-27-41-42(38)44-39-25-13-14-26-40(39)45(41,36-20-9-3-10-21-36)37-22-11-4-12-23-37/h1-31H. The van der Waals surface area contributed by atoms with E-state index in [2.05, 4.69) is 193 Å². The third-order valence-electron chi connectivity index (χ3n) is 8.80. The second-order valence-corrected chi connectivity index (χ2v) is 16.1. The number of rotatable bonds is 6. The van der Waals surface area contributed by atoms with Gasteiger partial charge in [-0.3, -0.25) is 0 Å². The van der Waals surface area contributed by atoms with Crippen LogP contribution in [0.3, 0.4) is 0 Å². The van der Waals surface area contributed by atoms with Crippen LogP contribution in [0.2, 0.25) is 0 Å². The van der Waals surface area contributed by atoms with E-state index in [4.69, 9.17) is 0 Å². The van der Waals surface area contributed by atoms with Crippen LogP contribution in [0.5, 0.6) is 0 Å². The van der Waals surface area contributed by atoms with Crippen molar-refractivity contribution in [3.8, 4) is 11.1 Å². The van der Waals surface area contributed by atoms with Crippen LogP contribution >= 0.6 is 11.8 Å². The zero-order chi connectivity index (χ0) is 30.1. The van der Waals surface area contributed by atoms with Gasteiger partial charge in [0, 0.05) is 21.2 Å². The molecule has 0 amide bonds. The molecule has 0 atom stereocenters. The highest BCUT2D eigenvalue weighted by Gasteiger charge is 2.47. The molecule has 0 bridgehead atoms. The minimum atomic E-state index is -2.66. The fraction of sp³-hybridized carbons (Fsp3) is 0. The number of hydrogen-bond donors (Lipinski definition) is 0. The van der Waals surface area contributed by atoms with Crippen molar-refractivity contribution < 1.29 is 0 Å². The number of nitrogens with zero attached hydrogens (tertiary/aromatic N) is 1. The lowest BCUT2D eigenvalue weighted by Crippen LogP contribution is -2.76. The van der Waals surface area contributed by atoms with E-state index in [1.807, 2.05) is 11.8 Å². The average molecular weight is 610 g/mol. The molecule has 0 radical (unpaired) electrons. The zero-order valence-corrected chi connectivity index (χ0v) is 26.6. The first-order chi connectivity index (χ1) is 22.3.